The van der Waals surface area contributed by atoms with E-state index in [9.17, 15) is 24.0 Å². The van der Waals surface area contributed by atoms with E-state index in [-0.39, 0.29) is 29.3 Å². The van der Waals surface area contributed by atoms with E-state index in [1.54, 1.807) is 13.8 Å². The van der Waals surface area contributed by atoms with Gasteiger partial charge in [-0.05, 0) is 27.7 Å². The molecule has 0 unspecified atom stereocenters. The molecule has 0 rings (SSSR count). The maximum atomic E-state index is 9.81. The molecule has 0 saturated heterocycles. The van der Waals surface area contributed by atoms with Crippen molar-refractivity contribution >= 4 is 29.3 Å². The molecule has 0 aromatic heterocycles. The molecular formula is C18H38O8. The summed E-state index contributed by atoms with van der Waals surface area (Å²) in [5.74, 6) is 0.185. The lowest BCUT2D eigenvalue weighted by atomic mass is 10.4. The fourth-order valence-electron chi connectivity index (χ4n) is 0. The Kier molecular flexibility index (Phi) is 57.9. The van der Waals surface area contributed by atoms with Gasteiger partial charge >= 0.3 is 11.9 Å². The number of rotatable bonds is 2. The van der Waals surface area contributed by atoms with Gasteiger partial charge in [0, 0.05) is 33.8 Å². The van der Waals surface area contributed by atoms with Crippen molar-refractivity contribution in [1.29, 1.82) is 0 Å². The number of Topliss-reactive ketones (excluding diaryl/α,β-unsaturated/α-hetero) is 3. The second kappa shape index (κ2) is 38.5. The van der Waals surface area contributed by atoms with Crippen LogP contribution < -0.4 is 0 Å². The molecule has 0 spiro atoms. The second-order valence-electron chi connectivity index (χ2n) is 4.41. The molecule has 8 heteroatoms. The number of methoxy groups -OCH3 is 2. The van der Waals surface area contributed by atoms with Crippen LogP contribution in [0.4, 0.5) is 0 Å². The molecule has 0 bridgehead atoms. The number of aliphatic hydroxyl groups excluding tert-OH is 1. The Morgan fingerprint density at radius 1 is 0.615 bits per heavy atom. The van der Waals surface area contributed by atoms with Gasteiger partial charge in [-0.25, -0.2) is 0 Å². The van der Waals surface area contributed by atoms with Crippen molar-refractivity contribution in [3.63, 3.8) is 0 Å². The third-order valence-corrected chi connectivity index (χ3v) is 1.57. The van der Waals surface area contributed by atoms with Crippen LogP contribution in [0.2, 0.25) is 0 Å². The molecule has 1 N–H and O–H groups in total. The summed E-state index contributed by atoms with van der Waals surface area (Å²) in [6.07, 6.45) is 1.33. The Morgan fingerprint density at radius 2 is 0.692 bits per heavy atom. The summed E-state index contributed by atoms with van der Waals surface area (Å²) in [5, 5.41) is 7.00. The molecule has 0 saturated carbocycles. The summed E-state index contributed by atoms with van der Waals surface area (Å²) in [5.41, 5.74) is 0. The molecule has 0 aromatic carbocycles. The van der Waals surface area contributed by atoms with Gasteiger partial charge in [0.2, 0.25) is 0 Å². The molecule has 8 nitrogen and oxygen atoms in total. The van der Waals surface area contributed by atoms with Crippen molar-refractivity contribution in [1.82, 2.24) is 0 Å². The molecule has 158 valence electrons. The van der Waals surface area contributed by atoms with E-state index in [0.29, 0.717) is 12.8 Å². The highest BCUT2D eigenvalue weighted by Crippen LogP contribution is 1.72. The SMILES string of the molecule is CC(C)=O.CCC(C)=O.CCC(C)=O.CO.COC(C)=O.COC(C)=O. The van der Waals surface area contributed by atoms with Crippen molar-refractivity contribution in [3.05, 3.63) is 0 Å². The maximum Gasteiger partial charge on any atom is 0.302 e. The first-order chi connectivity index (χ1) is 11.8. The average Bonchev–Trinajstić information content (AvgIpc) is 2.57. The van der Waals surface area contributed by atoms with Gasteiger partial charge < -0.3 is 29.0 Å². The number of esters is 2. The molecule has 26 heavy (non-hydrogen) atoms. The Bertz CT molecular complexity index is 289. The first-order valence-electron chi connectivity index (χ1n) is 7.81. The summed E-state index contributed by atoms with van der Waals surface area (Å²) in [6, 6.07) is 0. The number of aliphatic hydroxyl groups is 1. The van der Waals surface area contributed by atoms with Gasteiger partial charge in [-0.3, -0.25) is 9.59 Å². The molecule has 0 fully saturated rings. The highest BCUT2D eigenvalue weighted by Gasteiger charge is 1.77. The number of hydrogen-bond acceptors (Lipinski definition) is 8. The van der Waals surface area contributed by atoms with Crippen LogP contribution in [0.15, 0.2) is 0 Å². The van der Waals surface area contributed by atoms with Gasteiger partial charge in [-0.1, -0.05) is 13.8 Å². The van der Waals surface area contributed by atoms with Crippen molar-refractivity contribution in [2.24, 2.45) is 0 Å². The Hall–Kier alpha value is -2.09. The lowest BCUT2D eigenvalue weighted by Gasteiger charge is -1.80. The van der Waals surface area contributed by atoms with Gasteiger partial charge in [0.25, 0.3) is 0 Å². The minimum atomic E-state index is -0.245. The highest BCUT2D eigenvalue weighted by atomic mass is 16.5. The van der Waals surface area contributed by atoms with Gasteiger partial charge in [0.05, 0.1) is 14.2 Å². The Balaban J connectivity index is -0.0000000470. The summed E-state index contributed by atoms with van der Waals surface area (Å²) >= 11 is 0. The van der Waals surface area contributed by atoms with Crippen LogP contribution in [0.5, 0.6) is 0 Å². The predicted octanol–water partition coefficient (Wildman–Crippen LogP) is 2.53. The minimum Gasteiger partial charge on any atom is -0.469 e. The Labute approximate surface area is 158 Å². The summed E-state index contributed by atoms with van der Waals surface area (Å²) in [4.78, 5) is 48.2. The normalized spacial score (nSPS) is 6.77. The Morgan fingerprint density at radius 3 is 0.692 bits per heavy atom. The smallest absolute Gasteiger partial charge is 0.302 e. The molecule has 0 aliphatic carbocycles. The standard InChI is InChI=1S/2C4H8O.2C3H6O2.C3H6O.CH4O/c2*1-3-4(2)5;2*1-3(4)5-2;1-3(2)4;1-2/h2*3H2,1-2H3;2*1-2H3;1-2H3;2H,1H3. The lowest BCUT2D eigenvalue weighted by molar-refractivity contribution is -0.138. The van der Waals surface area contributed by atoms with Crippen molar-refractivity contribution in [2.45, 2.75) is 68.2 Å². The van der Waals surface area contributed by atoms with Gasteiger partial charge in [-0.2, -0.15) is 0 Å². The van der Waals surface area contributed by atoms with Gasteiger partial charge in [0.1, 0.15) is 17.3 Å². The fourth-order valence-corrected chi connectivity index (χ4v) is 0. The second-order valence-corrected chi connectivity index (χ2v) is 4.41. The molecule has 0 aromatic rings. The summed E-state index contributed by atoms with van der Waals surface area (Å²) in [6.45, 7) is 12.6. The maximum absolute atomic E-state index is 9.81. The van der Waals surface area contributed by atoms with Crippen molar-refractivity contribution in [3.8, 4) is 0 Å². The molecule has 0 radical (unpaired) electrons. The molecular weight excluding hydrogens is 344 g/mol. The number of carbonyl (C=O) groups excluding carboxylic acids is 5. The topological polar surface area (TPSA) is 124 Å². The predicted molar refractivity (Wildman–Crippen MR) is 102 cm³/mol. The van der Waals surface area contributed by atoms with E-state index >= 15 is 0 Å². The zero-order valence-corrected chi connectivity index (χ0v) is 18.2. The third-order valence-electron chi connectivity index (χ3n) is 1.57. The van der Waals surface area contributed by atoms with Crippen LogP contribution in [0, 0.1) is 0 Å². The summed E-state index contributed by atoms with van der Waals surface area (Å²) < 4.78 is 8.22. The van der Waals surface area contributed by atoms with Crippen LogP contribution in [-0.4, -0.2) is 55.7 Å². The van der Waals surface area contributed by atoms with Crippen LogP contribution >= 0.6 is 0 Å². The van der Waals surface area contributed by atoms with Crippen molar-refractivity contribution < 1.29 is 38.6 Å². The van der Waals surface area contributed by atoms with Gasteiger partial charge in [-0.15, -0.1) is 0 Å². The van der Waals surface area contributed by atoms with E-state index in [4.69, 9.17) is 5.11 Å². The molecule has 0 heterocycles. The first kappa shape index (κ1) is 39.1. The van der Waals surface area contributed by atoms with Gasteiger partial charge in [0.15, 0.2) is 0 Å². The molecule has 0 aliphatic rings. The molecule has 0 atom stereocenters. The number of carbonyl (C=O) groups is 5. The minimum absolute atomic E-state index is 0.167. The van der Waals surface area contributed by atoms with E-state index < -0.39 is 0 Å². The van der Waals surface area contributed by atoms with E-state index in [2.05, 4.69) is 9.47 Å². The monoisotopic (exact) mass is 382 g/mol. The average molecular weight is 382 g/mol. The van der Waals surface area contributed by atoms with E-state index in [1.165, 1.54) is 41.9 Å². The zero-order chi connectivity index (χ0) is 22.7. The van der Waals surface area contributed by atoms with Crippen LogP contribution in [0.25, 0.3) is 0 Å². The fraction of sp³-hybridized carbons (Fsp3) is 0.722. The third kappa shape index (κ3) is 274. The van der Waals surface area contributed by atoms with Crippen molar-refractivity contribution in [2.75, 3.05) is 21.3 Å². The highest BCUT2D eigenvalue weighted by molar-refractivity contribution is 5.75. The number of ketones is 3. The van der Waals surface area contributed by atoms with E-state index in [1.807, 2.05) is 13.8 Å². The molecule has 0 amide bonds. The largest absolute Gasteiger partial charge is 0.469 e. The lowest BCUT2D eigenvalue weighted by Crippen LogP contribution is -1.88. The number of hydrogen-bond donors (Lipinski definition) is 1. The quantitative estimate of drug-likeness (QED) is 0.722. The zero-order valence-electron chi connectivity index (χ0n) is 18.2. The van der Waals surface area contributed by atoms with E-state index in [0.717, 1.165) is 7.11 Å². The van der Waals surface area contributed by atoms with Crippen LogP contribution in [0.1, 0.15) is 68.2 Å². The molecule has 0 aliphatic heterocycles. The summed E-state index contributed by atoms with van der Waals surface area (Å²) in [7, 11) is 3.70. The van der Waals surface area contributed by atoms with Crippen LogP contribution in [0.3, 0.4) is 0 Å². The number of ether oxygens (including phenoxy) is 2. The van der Waals surface area contributed by atoms with Crippen LogP contribution in [-0.2, 0) is 33.4 Å². The first-order valence-corrected chi connectivity index (χ1v) is 7.81.